The van der Waals surface area contributed by atoms with E-state index in [1.807, 2.05) is 29.5 Å². The molecule has 4 nitrogen and oxygen atoms in total. The average Bonchev–Trinajstić information content (AvgIpc) is 3.18. The monoisotopic (exact) mass is 438 g/mol. The summed E-state index contributed by atoms with van der Waals surface area (Å²) in [6, 6.07) is 10.3. The first-order chi connectivity index (χ1) is 12.0. The lowest BCUT2D eigenvalue weighted by atomic mass is 10.2. The number of hydrogen-bond acceptors (Lipinski definition) is 5. The summed E-state index contributed by atoms with van der Waals surface area (Å²) in [5.74, 6) is 0. The quantitative estimate of drug-likeness (QED) is 0.545. The third kappa shape index (κ3) is 5.04. The maximum absolute atomic E-state index is 11.3. The summed E-state index contributed by atoms with van der Waals surface area (Å²) in [6.45, 7) is 1.98. The van der Waals surface area contributed by atoms with Crippen molar-refractivity contribution in [1.29, 1.82) is 0 Å². The zero-order valence-corrected chi connectivity index (χ0v) is 17.3. The molecule has 0 aliphatic carbocycles. The number of carbonyl (C=O) groups excluding carboxylic acids is 1. The molecule has 2 heterocycles. The Labute approximate surface area is 163 Å². The standard InChI is InChI=1S/C18H19BrN2O2S2/c1-21(10-16-9-13(19)11-24-16)6-5-15-8-12-7-14(20-18(22)23-2)3-4-17(12)25-15/h3-4,7-9,11H,5-6,10H2,1-2H3,(H,20,22). The van der Waals surface area contributed by atoms with Crippen molar-refractivity contribution in [3.05, 3.63) is 49.9 Å². The summed E-state index contributed by atoms with van der Waals surface area (Å²) >= 11 is 7.09. The van der Waals surface area contributed by atoms with Gasteiger partial charge in [0.25, 0.3) is 0 Å². The Hall–Kier alpha value is -1.41. The first-order valence-corrected chi connectivity index (χ1v) is 10.3. The molecule has 1 aromatic carbocycles. The fourth-order valence-electron chi connectivity index (χ4n) is 2.55. The zero-order valence-electron chi connectivity index (χ0n) is 14.0. The third-order valence-corrected chi connectivity index (χ3v) is 6.64. The fraction of sp³-hybridized carbons (Fsp3) is 0.278. The van der Waals surface area contributed by atoms with E-state index < -0.39 is 6.09 Å². The van der Waals surface area contributed by atoms with E-state index in [1.165, 1.54) is 21.6 Å². The van der Waals surface area contributed by atoms with E-state index in [0.717, 1.165) is 35.1 Å². The van der Waals surface area contributed by atoms with E-state index >= 15 is 0 Å². The lowest BCUT2D eigenvalue weighted by molar-refractivity contribution is 0.187. The number of nitrogens with zero attached hydrogens (tertiary/aromatic N) is 1. The molecule has 0 aliphatic heterocycles. The summed E-state index contributed by atoms with van der Waals surface area (Å²) < 4.78 is 7.02. The zero-order chi connectivity index (χ0) is 17.8. The first-order valence-electron chi connectivity index (χ1n) is 7.82. The van der Waals surface area contributed by atoms with Crippen molar-refractivity contribution in [3.63, 3.8) is 0 Å². The minimum absolute atomic E-state index is 0.448. The normalized spacial score (nSPS) is 11.2. The molecule has 3 aromatic rings. The Morgan fingerprint density at radius 1 is 1.28 bits per heavy atom. The Morgan fingerprint density at radius 2 is 2.12 bits per heavy atom. The van der Waals surface area contributed by atoms with E-state index in [2.05, 4.69) is 55.4 Å². The third-order valence-electron chi connectivity index (χ3n) is 3.79. The van der Waals surface area contributed by atoms with Crippen molar-refractivity contribution in [2.75, 3.05) is 26.0 Å². The maximum atomic E-state index is 11.3. The molecule has 0 spiro atoms. The van der Waals surface area contributed by atoms with Crippen LogP contribution in [0.5, 0.6) is 0 Å². The molecule has 0 saturated heterocycles. The highest BCUT2D eigenvalue weighted by Gasteiger charge is 2.08. The van der Waals surface area contributed by atoms with Gasteiger partial charge in [0, 0.05) is 43.1 Å². The molecule has 0 unspecified atom stereocenters. The molecule has 0 radical (unpaired) electrons. The van der Waals surface area contributed by atoms with Gasteiger partial charge in [-0.2, -0.15) is 0 Å². The van der Waals surface area contributed by atoms with Crippen molar-refractivity contribution < 1.29 is 9.53 Å². The van der Waals surface area contributed by atoms with Crippen molar-refractivity contribution in [2.45, 2.75) is 13.0 Å². The molecular weight excluding hydrogens is 420 g/mol. The number of thiophene rings is 2. The SMILES string of the molecule is COC(=O)Nc1ccc2sc(CCN(C)Cc3cc(Br)cs3)cc2c1. The minimum Gasteiger partial charge on any atom is -0.453 e. The molecule has 2 aromatic heterocycles. The summed E-state index contributed by atoms with van der Waals surface area (Å²) in [5.41, 5.74) is 0.754. The van der Waals surface area contributed by atoms with Crippen molar-refractivity contribution in [1.82, 2.24) is 4.90 Å². The van der Waals surface area contributed by atoms with E-state index in [-0.39, 0.29) is 0 Å². The maximum Gasteiger partial charge on any atom is 0.411 e. The van der Waals surface area contributed by atoms with Gasteiger partial charge in [0.15, 0.2) is 0 Å². The van der Waals surface area contributed by atoms with E-state index in [1.54, 1.807) is 11.3 Å². The first kappa shape index (κ1) is 18.4. The second-order valence-electron chi connectivity index (χ2n) is 5.80. The van der Waals surface area contributed by atoms with Gasteiger partial charge < -0.3 is 9.64 Å². The predicted octanol–water partition coefficient (Wildman–Crippen LogP) is 5.58. The van der Waals surface area contributed by atoms with Gasteiger partial charge in [-0.15, -0.1) is 22.7 Å². The van der Waals surface area contributed by atoms with Gasteiger partial charge in [-0.1, -0.05) is 0 Å². The number of ether oxygens (including phenoxy) is 1. The second kappa shape index (κ2) is 8.31. The van der Waals surface area contributed by atoms with Crippen LogP contribution < -0.4 is 5.32 Å². The van der Waals surface area contributed by atoms with Crippen LogP contribution in [0, 0.1) is 0 Å². The van der Waals surface area contributed by atoms with Crippen LogP contribution in [0.3, 0.4) is 0 Å². The number of rotatable bonds is 6. The highest BCUT2D eigenvalue weighted by atomic mass is 79.9. The van der Waals surface area contributed by atoms with Gasteiger partial charge in [-0.25, -0.2) is 4.79 Å². The molecule has 3 rings (SSSR count). The number of carbonyl (C=O) groups is 1. The van der Waals surface area contributed by atoms with Crippen LogP contribution in [0.1, 0.15) is 9.75 Å². The van der Waals surface area contributed by atoms with Gasteiger partial charge in [-0.3, -0.25) is 5.32 Å². The number of benzene rings is 1. The largest absolute Gasteiger partial charge is 0.453 e. The molecule has 0 fully saturated rings. The number of methoxy groups -OCH3 is 1. The van der Waals surface area contributed by atoms with Crippen LogP contribution in [0.15, 0.2) is 40.2 Å². The molecule has 0 bridgehead atoms. The molecule has 7 heteroatoms. The molecule has 1 N–H and O–H groups in total. The van der Waals surface area contributed by atoms with Crippen molar-refractivity contribution in [3.8, 4) is 0 Å². The number of amides is 1. The van der Waals surface area contributed by atoms with Crippen molar-refractivity contribution >= 4 is 60.5 Å². The summed E-state index contributed by atoms with van der Waals surface area (Å²) in [5, 5.41) is 5.98. The van der Waals surface area contributed by atoms with Crippen LogP contribution in [0.2, 0.25) is 0 Å². The van der Waals surface area contributed by atoms with Gasteiger partial charge in [0.05, 0.1) is 7.11 Å². The van der Waals surface area contributed by atoms with Gasteiger partial charge >= 0.3 is 6.09 Å². The van der Waals surface area contributed by atoms with Crippen LogP contribution in [0.4, 0.5) is 10.5 Å². The van der Waals surface area contributed by atoms with Gasteiger partial charge in [-0.05, 0) is 65.1 Å². The Balaban J connectivity index is 1.60. The second-order valence-corrected chi connectivity index (χ2v) is 8.88. The number of fused-ring (bicyclic) bond motifs is 1. The number of likely N-dealkylation sites (N-methyl/N-ethyl adjacent to an activating group) is 1. The van der Waals surface area contributed by atoms with Crippen LogP contribution >= 0.6 is 38.6 Å². The van der Waals surface area contributed by atoms with Crippen LogP contribution in [-0.2, 0) is 17.7 Å². The Bertz CT molecular complexity index is 875. The molecule has 132 valence electrons. The molecule has 0 aliphatic rings. The summed E-state index contributed by atoms with van der Waals surface area (Å²) in [7, 11) is 3.52. The van der Waals surface area contributed by atoms with Crippen molar-refractivity contribution in [2.24, 2.45) is 0 Å². The fourth-order valence-corrected chi connectivity index (χ4v) is 5.11. The van der Waals surface area contributed by atoms with Gasteiger partial charge in [0.1, 0.15) is 0 Å². The van der Waals surface area contributed by atoms with Crippen LogP contribution in [0.25, 0.3) is 10.1 Å². The topological polar surface area (TPSA) is 41.6 Å². The Morgan fingerprint density at radius 3 is 2.84 bits per heavy atom. The molecule has 0 atom stereocenters. The Kier molecular flexibility index (Phi) is 6.11. The molecule has 0 saturated carbocycles. The smallest absolute Gasteiger partial charge is 0.411 e. The summed E-state index contributed by atoms with van der Waals surface area (Å²) in [6.07, 6.45) is 0.568. The highest BCUT2D eigenvalue weighted by molar-refractivity contribution is 9.10. The average molecular weight is 439 g/mol. The van der Waals surface area contributed by atoms with Gasteiger partial charge in [0.2, 0.25) is 0 Å². The van der Waals surface area contributed by atoms with E-state index in [4.69, 9.17) is 0 Å². The highest BCUT2D eigenvalue weighted by Crippen LogP contribution is 2.29. The number of nitrogens with one attached hydrogen (secondary N) is 1. The number of anilines is 1. The predicted molar refractivity (Wildman–Crippen MR) is 110 cm³/mol. The lowest BCUT2D eigenvalue weighted by Crippen LogP contribution is -2.19. The van der Waals surface area contributed by atoms with E-state index in [0.29, 0.717) is 0 Å². The number of hydrogen-bond donors (Lipinski definition) is 1. The van der Waals surface area contributed by atoms with E-state index in [9.17, 15) is 4.79 Å². The number of halogens is 1. The summed E-state index contributed by atoms with van der Waals surface area (Å²) in [4.78, 5) is 16.4. The molecule has 25 heavy (non-hydrogen) atoms. The minimum atomic E-state index is -0.448. The molecule has 1 amide bonds. The lowest BCUT2D eigenvalue weighted by Gasteiger charge is -2.14. The molecular formula is C18H19BrN2O2S2. The van der Waals surface area contributed by atoms with Crippen LogP contribution in [-0.4, -0.2) is 31.7 Å².